The minimum atomic E-state index is -0.163. The van der Waals surface area contributed by atoms with Crippen LogP contribution in [-0.2, 0) is 0 Å². The van der Waals surface area contributed by atoms with E-state index in [1.54, 1.807) is 0 Å². The highest BCUT2D eigenvalue weighted by molar-refractivity contribution is 5.26. The highest BCUT2D eigenvalue weighted by atomic mass is 14.8. The molecule has 2 rings (SSSR count). The summed E-state index contributed by atoms with van der Waals surface area (Å²) >= 11 is 0. The number of nitrogens with two attached hydrogens (primary N) is 2. The minimum Gasteiger partial charge on any atom is -0.322 e. The first-order valence-electron chi connectivity index (χ1n) is 5.40. The van der Waals surface area contributed by atoms with Gasteiger partial charge in [-0.3, -0.25) is 0 Å². The predicted molar refractivity (Wildman–Crippen MR) is 66.7 cm³/mol. The van der Waals surface area contributed by atoms with Crippen LogP contribution in [0.25, 0.3) is 0 Å². The Morgan fingerprint density at radius 3 is 1.19 bits per heavy atom. The lowest BCUT2D eigenvalue weighted by atomic mass is 9.95. The van der Waals surface area contributed by atoms with Gasteiger partial charge in [-0.1, -0.05) is 60.7 Å². The van der Waals surface area contributed by atoms with Gasteiger partial charge in [0.2, 0.25) is 0 Å². The van der Waals surface area contributed by atoms with Gasteiger partial charge in [0.05, 0.1) is 0 Å². The summed E-state index contributed by atoms with van der Waals surface area (Å²) in [5.74, 6) is 0. The first-order valence-corrected chi connectivity index (χ1v) is 5.40. The van der Waals surface area contributed by atoms with Crippen molar-refractivity contribution in [2.75, 3.05) is 0 Å². The third-order valence-electron chi connectivity index (χ3n) is 2.76. The van der Waals surface area contributed by atoms with E-state index in [9.17, 15) is 0 Å². The van der Waals surface area contributed by atoms with Crippen LogP contribution in [0.1, 0.15) is 23.2 Å². The zero-order valence-corrected chi connectivity index (χ0v) is 9.08. The molecular formula is C14H16N2. The lowest BCUT2D eigenvalue weighted by Crippen LogP contribution is -2.26. The number of benzene rings is 2. The zero-order valence-electron chi connectivity index (χ0n) is 9.08. The maximum atomic E-state index is 6.15. The maximum absolute atomic E-state index is 6.15. The minimum absolute atomic E-state index is 0.163. The van der Waals surface area contributed by atoms with Gasteiger partial charge in [-0.05, 0) is 11.1 Å². The van der Waals surface area contributed by atoms with Gasteiger partial charge in [0.15, 0.2) is 0 Å². The molecule has 0 saturated heterocycles. The Balaban J connectivity index is 2.20. The van der Waals surface area contributed by atoms with Gasteiger partial charge in [-0.25, -0.2) is 0 Å². The summed E-state index contributed by atoms with van der Waals surface area (Å²) in [7, 11) is 0. The molecule has 2 atom stereocenters. The molecule has 16 heavy (non-hydrogen) atoms. The molecule has 2 aromatic rings. The number of rotatable bonds is 3. The second-order valence-electron chi connectivity index (χ2n) is 3.87. The first-order chi connectivity index (χ1) is 7.79. The molecule has 0 bridgehead atoms. The molecule has 0 aliphatic carbocycles. The van der Waals surface area contributed by atoms with Crippen LogP contribution in [0.3, 0.4) is 0 Å². The molecule has 0 radical (unpaired) electrons. The number of hydrogen-bond donors (Lipinski definition) is 2. The predicted octanol–water partition coefficient (Wildman–Crippen LogP) is 2.39. The highest BCUT2D eigenvalue weighted by Gasteiger charge is 2.16. The van der Waals surface area contributed by atoms with Crippen molar-refractivity contribution in [1.82, 2.24) is 0 Å². The second kappa shape index (κ2) is 4.92. The van der Waals surface area contributed by atoms with Crippen LogP contribution in [0, 0.1) is 0 Å². The normalized spacial score (nSPS) is 14.4. The molecule has 0 aromatic heterocycles. The van der Waals surface area contributed by atoms with Crippen LogP contribution in [0.5, 0.6) is 0 Å². The number of hydrogen-bond acceptors (Lipinski definition) is 2. The maximum Gasteiger partial charge on any atom is 0.0491 e. The summed E-state index contributed by atoms with van der Waals surface area (Å²) < 4.78 is 0. The van der Waals surface area contributed by atoms with Gasteiger partial charge in [-0.2, -0.15) is 0 Å². The molecule has 82 valence electrons. The van der Waals surface area contributed by atoms with E-state index in [2.05, 4.69) is 0 Å². The van der Waals surface area contributed by atoms with Crippen molar-refractivity contribution in [3.05, 3.63) is 71.8 Å². The van der Waals surface area contributed by atoms with Crippen molar-refractivity contribution in [1.29, 1.82) is 0 Å². The smallest absolute Gasteiger partial charge is 0.0491 e. The molecule has 0 aliphatic rings. The molecule has 1 unspecified atom stereocenters. The van der Waals surface area contributed by atoms with Crippen molar-refractivity contribution in [2.45, 2.75) is 12.1 Å². The molecular weight excluding hydrogens is 196 g/mol. The third-order valence-corrected chi connectivity index (χ3v) is 2.76. The molecule has 0 amide bonds. The summed E-state index contributed by atoms with van der Waals surface area (Å²) in [6.45, 7) is 0. The van der Waals surface area contributed by atoms with Gasteiger partial charge in [0.1, 0.15) is 0 Å². The van der Waals surface area contributed by atoms with E-state index in [0.29, 0.717) is 0 Å². The second-order valence-corrected chi connectivity index (χ2v) is 3.87. The Hall–Kier alpha value is -1.64. The fourth-order valence-electron chi connectivity index (χ4n) is 1.77. The first kappa shape index (κ1) is 10.9. The molecule has 4 N–H and O–H groups in total. The SMILES string of the molecule is NC(c1ccccc1)[C@H](N)c1ccccc1. The average Bonchev–Trinajstić information content (AvgIpc) is 2.39. The zero-order chi connectivity index (χ0) is 11.4. The topological polar surface area (TPSA) is 52.0 Å². The summed E-state index contributed by atoms with van der Waals surface area (Å²) in [5.41, 5.74) is 14.4. The molecule has 0 heterocycles. The lowest BCUT2D eigenvalue weighted by Gasteiger charge is -2.20. The van der Waals surface area contributed by atoms with E-state index in [0.717, 1.165) is 11.1 Å². The van der Waals surface area contributed by atoms with Gasteiger partial charge in [0, 0.05) is 12.1 Å². The largest absolute Gasteiger partial charge is 0.322 e. The summed E-state index contributed by atoms with van der Waals surface area (Å²) in [4.78, 5) is 0. The Morgan fingerprint density at radius 2 is 0.875 bits per heavy atom. The monoisotopic (exact) mass is 212 g/mol. The Labute approximate surface area is 95.9 Å². The molecule has 0 fully saturated rings. The fraction of sp³-hybridized carbons (Fsp3) is 0.143. The Kier molecular flexibility index (Phi) is 3.34. The van der Waals surface area contributed by atoms with Crippen molar-refractivity contribution < 1.29 is 0 Å². The summed E-state index contributed by atoms with van der Waals surface area (Å²) in [6.07, 6.45) is 0. The quantitative estimate of drug-likeness (QED) is 0.820. The van der Waals surface area contributed by atoms with Crippen molar-refractivity contribution in [2.24, 2.45) is 11.5 Å². The van der Waals surface area contributed by atoms with Crippen LogP contribution in [-0.4, -0.2) is 0 Å². The fourth-order valence-corrected chi connectivity index (χ4v) is 1.77. The van der Waals surface area contributed by atoms with E-state index in [1.807, 2.05) is 60.7 Å². The molecule has 0 spiro atoms. The van der Waals surface area contributed by atoms with E-state index < -0.39 is 0 Å². The molecule has 0 saturated carbocycles. The highest BCUT2D eigenvalue weighted by Crippen LogP contribution is 2.23. The van der Waals surface area contributed by atoms with Crippen molar-refractivity contribution >= 4 is 0 Å². The van der Waals surface area contributed by atoms with Crippen LogP contribution in [0.2, 0.25) is 0 Å². The van der Waals surface area contributed by atoms with Gasteiger partial charge >= 0.3 is 0 Å². The lowest BCUT2D eigenvalue weighted by molar-refractivity contribution is 0.574. The average molecular weight is 212 g/mol. The van der Waals surface area contributed by atoms with E-state index >= 15 is 0 Å². The van der Waals surface area contributed by atoms with Gasteiger partial charge in [-0.15, -0.1) is 0 Å². The van der Waals surface area contributed by atoms with Crippen LogP contribution in [0.15, 0.2) is 60.7 Å². The van der Waals surface area contributed by atoms with E-state index in [1.165, 1.54) is 0 Å². The van der Waals surface area contributed by atoms with Gasteiger partial charge < -0.3 is 11.5 Å². The summed E-state index contributed by atoms with van der Waals surface area (Å²) in [5, 5.41) is 0. The van der Waals surface area contributed by atoms with E-state index in [-0.39, 0.29) is 12.1 Å². The molecule has 0 aliphatic heterocycles. The van der Waals surface area contributed by atoms with Crippen molar-refractivity contribution in [3.63, 3.8) is 0 Å². The van der Waals surface area contributed by atoms with Crippen LogP contribution >= 0.6 is 0 Å². The molecule has 2 aromatic carbocycles. The van der Waals surface area contributed by atoms with Gasteiger partial charge in [0.25, 0.3) is 0 Å². The Morgan fingerprint density at radius 1 is 0.562 bits per heavy atom. The van der Waals surface area contributed by atoms with Crippen LogP contribution < -0.4 is 11.5 Å². The van der Waals surface area contributed by atoms with E-state index in [4.69, 9.17) is 11.5 Å². The standard InChI is InChI=1S/C14H16N2/c15-13(11-7-3-1-4-8-11)14(16)12-9-5-2-6-10-12/h1-10,13-14H,15-16H2/t13-,14?/m1/s1. The van der Waals surface area contributed by atoms with Crippen molar-refractivity contribution in [3.8, 4) is 0 Å². The van der Waals surface area contributed by atoms with Crippen LogP contribution in [0.4, 0.5) is 0 Å². The summed E-state index contributed by atoms with van der Waals surface area (Å²) in [6, 6.07) is 19.6. The third kappa shape index (κ3) is 2.30. The Bertz CT molecular complexity index is 382. The molecule has 2 nitrogen and oxygen atoms in total. The molecule has 2 heteroatoms.